The van der Waals surface area contributed by atoms with Gasteiger partial charge in [-0.2, -0.15) is 0 Å². The zero-order valence-electron chi connectivity index (χ0n) is 12.9. The molecule has 4 heteroatoms. The van der Waals surface area contributed by atoms with Crippen LogP contribution >= 0.6 is 0 Å². The quantitative estimate of drug-likeness (QED) is 0.723. The Bertz CT molecular complexity index is 479. The minimum absolute atomic E-state index is 0. The number of hydrogen-bond donors (Lipinski definition) is 1. The second kappa shape index (κ2) is 5.61. The maximum Gasteiger partial charge on any atom is 1.00 e. The Morgan fingerprint density at radius 1 is 1.05 bits per heavy atom. The minimum Gasteiger partial charge on any atom is -0.872 e. The van der Waals surface area contributed by atoms with Crippen molar-refractivity contribution in [2.24, 2.45) is 0 Å². The van der Waals surface area contributed by atoms with Crippen molar-refractivity contribution in [3.63, 3.8) is 0 Å². The number of benzene rings is 1. The molecule has 0 aliphatic rings. The number of hydrogen-bond acceptors (Lipinski definition) is 2. The van der Waals surface area contributed by atoms with Gasteiger partial charge in [0.15, 0.2) is 0 Å². The van der Waals surface area contributed by atoms with Crippen molar-refractivity contribution < 1.29 is 33.9 Å². The molecule has 100 valence electrons. The summed E-state index contributed by atoms with van der Waals surface area (Å²) in [5.74, 6) is -1.53. The van der Waals surface area contributed by atoms with Gasteiger partial charge in [0, 0.05) is 0 Å². The van der Waals surface area contributed by atoms with Crippen LogP contribution in [0.25, 0.3) is 0 Å². The molecule has 1 aromatic rings. The molecule has 0 heterocycles. The van der Waals surface area contributed by atoms with Crippen LogP contribution in [0, 0.1) is 0 Å². The Morgan fingerprint density at radius 3 is 1.84 bits per heavy atom. The molecule has 0 atom stereocenters. The maximum atomic E-state index is 12.2. The van der Waals surface area contributed by atoms with Crippen LogP contribution in [0.5, 0.6) is 5.75 Å². The van der Waals surface area contributed by atoms with Gasteiger partial charge >= 0.3 is 24.8 Å². The second-order valence-electron chi connectivity index (χ2n) is 6.71. The number of rotatable bonds is 1. The molecule has 3 nitrogen and oxygen atoms in total. The molecule has 0 aliphatic carbocycles. The SMILES string of the molecule is CC(C)(C)c1cc(C(=O)O)c([O-])c(C(C)(C)C)c1.[Li+]. The van der Waals surface area contributed by atoms with E-state index < -0.39 is 5.97 Å². The molecule has 0 saturated carbocycles. The van der Waals surface area contributed by atoms with Crippen molar-refractivity contribution in [2.75, 3.05) is 0 Å². The molecule has 1 rings (SSSR count). The fourth-order valence-corrected chi connectivity index (χ4v) is 1.78. The van der Waals surface area contributed by atoms with Gasteiger partial charge in [-0.3, -0.25) is 0 Å². The van der Waals surface area contributed by atoms with Crippen molar-refractivity contribution >= 4 is 5.97 Å². The van der Waals surface area contributed by atoms with E-state index in [9.17, 15) is 9.90 Å². The van der Waals surface area contributed by atoms with Crippen molar-refractivity contribution in [1.29, 1.82) is 0 Å². The summed E-state index contributed by atoms with van der Waals surface area (Å²) in [6.45, 7) is 11.8. The average Bonchev–Trinajstić information content (AvgIpc) is 2.13. The molecule has 0 bridgehead atoms. The zero-order chi connectivity index (χ0) is 14.3. The second-order valence-corrected chi connectivity index (χ2v) is 6.71. The summed E-state index contributed by atoms with van der Waals surface area (Å²) in [6.07, 6.45) is 0. The smallest absolute Gasteiger partial charge is 0.872 e. The summed E-state index contributed by atoms with van der Waals surface area (Å²) in [7, 11) is 0. The predicted octanol–water partition coefficient (Wildman–Crippen LogP) is 0.0574. The van der Waals surface area contributed by atoms with Crippen molar-refractivity contribution in [2.45, 2.75) is 52.4 Å². The molecule has 19 heavy (non-hydrogen) atoms. The van der Waals surface area contributed by atoms with Crippen molar-refractivity contribution in [3.8, 4) is 5.75 Å². The Hall–Kier alpha value is -0.913. The standard InChI is InChI=1S/C15H22O3.Li/c1-14(2,3)9-7-10(13(17)18)12(16)11(8-9)15(4,5)6;/h7-8,16H,1-6H3,(H,17,18);/q;+1/p-1. The van der Waals surface area contributed by atoms with E-state index in [2.05, 4.69) is 0 Å². The monoisotopic (exact) mass is 256 g/mol. The van der Waals surface area contributed by atoms with Gasteiger partial charge in [0.25, 0.3) is 0 Å². The van der Waals surface area contributed by atoms with Crippen LogP contribution in [0.2, 0.25) is 0 Å². The van der Waals surface area contributed by atoms with E-state index in [1.165, 1.54) is 6.07 Å². The third-order valence-electron chi connectivity index (χ3n) is 2.99. The molecule has 0 spiro atoms. The fourth-order valence-electron chi connectivity index (χ4n) is 1.78. The van der Waals surface area contributed by atoms with E-state index in [0.717, 1.165) is 5.56 Å². The van der Waals surface area contributed by atoms with Crippen molar-refractivity contribution in [1.82, 2.24) is 0 Å². The number of carboxylic acid groups (broad SMARTS) is 1. The molecular weight excluding hydrogens is 235 g/mol. The molecule has 0 aliphatic heterocycles. The molecule has 0 aromatic heterocycles. The van der Waals surface area contributed by atoms with E-state index >= 15 is 0 Å². The normalized spacial score (nSPS) is 11.9. The molecule has 0 amide bonds. The van der Waals surface area contributed by atoms with Crippen LogP contribution < -0.4 is 24.0 Å². The first-order chi connectivity index (χ1) is 7.94. The summed E-state index contributed by atoms with van der Waals surface area (Å²) in [6, 6.07) is 3.34. The van der Waals surface area contributed by atoms with Crippen LogP contribution in [0.4, 0.5) is 0 Å². The van der Waals surface area contributed by atoms with Crippen molar-refractivity contribution in [3.05, 3.63) is 28.8 Å². The molecule has 0 fully saturated rings. The van der Waals surface area contributed by atoms with Gasteiger partial charge in [0.05, 0.1) is 5.56 Å². The van der Waals surface area contributed by atoms with Crippen LogP contribution in [0.1, 0.15) is 63.0 Å². The van der Waals surface area contributed by atoms with Crippen LogP contribution in [-0.2, 0) is 10.8 Å². The van der Waals surface area contributed by atoms with Gasteiger partial charge in [0.1, 0.15) is 0 Å². The van der Waals surface area contributed by atoms with Gasteiger partial charge < -0.3 is 10.2 Å². The summed E-state index contributed by atoms with van der Waals surface area (Å²) >= 11 is 0. The number of carboxylic acids is 1. The van der Waals surface area contributed by atoms with Gasteiger partial charge in [-0.05, 0) is 28.0 Å². The molecule has 1 N–H and O–H groups in total. The molecule has 1 aromatic carbocycles. The minimum atomic E-state index is -1.16. The van der Waals surface area contributed by atoms with Gasteiger partial charge in [0.2, 0.25) is 0 Å². The van der Waals surface area contributed by atoms with Gasteiger partial charge in [-0.25, -0.2) is 4.79 Å². The fraction of sp³-hybridized carbons (Fsp3) is 0.533. The predicted molar refractivity (Wildman–Crippen MR) is 70.2 cm³/mol. The third kappa shape index (κ3) is 4.02. The Balaban J connectivity index is 0.00000324. The summed E-state index contributed by atoms with van der Waals surface area (Å²) < 4.78 is 0. The summed E-state index contributed by atoms with van der Waals surface area (Å²) in [5, 5.41) is 21.3. The average molecular weight is 256 g/mol. The number of carbonyl (C=O) groups is 1. The van der Waals surface area contributed by atoms with E-state index in [1.54, 1.807) is 0 Å². The largest absolute Gasteiger partial charge is 1.00 e. The molecule has 0 unspecified atom stereocenters. The first kappa shape index (κ1) is 18.1. The third-order valence-corrected chi connectivity index (χ3v) is 2.99. The summed E-state index contributed by atoms with van der Waals surface area (Å²) in [4.78, 5) is 11.2. The van der Waals surface area contributed by atoms with Gasteiger partial charge in [-0.1, -0.05) is 53.4 Å². The molecule has 0 radical (unpaired) electrons. The van der Waals surface area contributed by atoms with Crippen LogP contribution in [0.15, 0.2) is 12.1 Å². The van der Waals surface area contributed by atoms with E-state index in [0.29, 0.717) is 5.56 Å². The van der Waals surface area contributed by atoms with Gasteiger partial charge in [-0.15, -0.1) is 0 Å². The Labute approximate surface area is 127 Å². The van der Waals surface area contributed by atoms with E-state index in [4.69, 9.17) is 5.11 Å². The van der Waals surface area contributed by atoms with Crippen LogP contribution in [0.3, 0.4) is 0 Å². The zero-order valence-corrected chi connectivity index (χ0v) is 12.9. The maximum absolute atomic E-state index is 12.2. The Morgan fingerprint density at radius 2 is 1.53 bits per heavy atom. The van der Waals surface area contributed by atoms with E-state index in [-0.39, 0.29) is 41.0 Å². The van der Waals surface area contributed by atoms with E-state index in [1.807, 2.05) is 47.6 Å². The first-order valence-corrected chi connectivity index (χ1v) is 6.04. The van der Waals surface area contributed by atoms with Crippen LogP contribution in [-0.4, -0.2) is 11.1 Å². The number of aromatic carboxylic acids is 1. The Kier molecular flexibility index (Phi) is 5.34. The molecular formula is C15H21LiO3. The summed E-state index contributed by atoms with van der Waals surface area (Å²) in [5.41, 5.74) is 0.768. The first-order valence-electron chi connectivity index (χ1n) is 6.04. The topological polar surface area (TPSA) is 60.4 Å². The molecule has 0 saturated heterocycles.